The third-order valence-corrected chi connectivity index (χ3v) is 4.69. The molecular weight excluding hydrogens is 320 g/mol. The van der Waals surface area contributed by atoms with Gasteiger partial charge in [0.15, 0.2) is 16.1 Å². The van der Waals surface area contributed by atoms with Gasteiger partial charge in [-0.1, -0.05) is 6.07 Å². The number of thiophene rings is 1. The van der Waals surface area contributed by atoms with Crippen LogP contribution in [0.25, 0.3) is 11.0 Å². The van der Waals surface area contributed by atoms with Crippen molar-refractivity contribution in [2.75, 3.05) is 0 Å². The first-order valence-corrected chi connectivity index (χ1v) is 7.74. The second kappa shape index (κ2) is 4.82. The SMILES string of the molecule is O=C(O)c1sccc1OS(=O)(=O)c1cccc2nonc12. The van der Waals surface area contributed by atoms with E-state index in [-0.39, 0.29) is 26.6 Å². The van der Waals surface area contributed by atoms with Crippen molar-refractivity contribution < 1.29 is 27.1 Å². The van der Waals surface area contributed by atoms with Crippen LogP contribution in [0.2, 0.25) is 0 Å². The van der Waals surface area contributed by atoms with Gasteiger partial charge in [-0.2, -0.15) is 8.42 Å². The van der Waals surface area contributed by atoms with E-state index in [0.29, 0.717) is 0 Å². The molecule has 1 aromatic carbocycles. The Labute approximate surface area is 121 Å². The second-order valence-electron chi connectivity index (χ2n) is 3.84. The van der Waals surface area contributed by atoms with Crippen molar-refractivity contribution in [3.8, 4) is 5.75 Å². The highest BCUT2D eigenvalue weighted by atomic mass is 32.2. The third-order valence-electron chi connectivity index (χ3n) is 2.54. The van der Waals surface area contributed by atoms with Crippen LogP contribution in [0.4, 0.5) is 0 Å². The smallest absolute Gasteiger partial charge is 0.349 e. The van der Waals surface area contributed by atoms with E-state index in [1.807, 2.05) is 0 Å². The number of nitrogens with zero attached hydrogens (tertiary/aromatic N) is 2. The molecule has 0 aliphatic carbocycles. The quantitative estimate of drug-likeness (QED) is 0.720. The van der Waals surface area contributed by atoms with Gasteiger partial charge in [0, 0.05) is 0 Å². The summed E-state index contributed by atoms with van der Waals surface area (Å²) in [6.07, 6.45) is 0. The van der Waals surface area contributed by atoms with Gasteiger partial charge < -0.3 is 9.29 Å². The third kappa shape index (κ3) is 2.34. The first kappa shape index (κ1) is 13.5. The lowest BCUT2D eigenvalue weighted by Crippen LogP contribution is -2.11. The van der Waals surface area contributed by atoms with E-state index < -0.39 is 16.1 Å². The topological polar surface area (TPSA) is 120 Å². The van der Waals surface area contributed by atoms with Gasteiger partial charge in [0.1, 0.15) is 10.4 Å². The molecule has 10 heteroatoms. The summed E-state index contributed by atoms with van der Waals surface area (Å²) < 4.78 is 33.9. The Morgan fingerprint density at radius 2 is 2.10 bits per heavy atom. The molecule has 8 nitrogen and oxygen atoms in total. The highest BCUT2D eigenvalue weighted by Crippen LogP contribution is 2.29. The molecule has 2 heterocycles. The Morgan fingerprint density at radius 1 is 1.29 bits per heavy atom. The van der Waals surface area contributed by atoms with E-state index in [2.05, 4.69) is 14.9 Å². The van der Waals surface area contributed by atoms with Crippen LogP contribution in [0, 0.1) is 0 Å². The minimum absolute atomic E-state index is 0.0182. The van der Waals surface area contributed by atoms with Crippen molar-refractivity contribution in [3.05, 3.63) is 34.5 Å². The first-order valence-electron chi connectivity index (χ1n) is 5.45. The molecule has 3 rings (SSSR count). The lowest BCUT2D eigenvalue weighted by molar-refractivity contribution is 0.0700. The summed E-state index contributed by atoms with van der Waals surface area (Å²) in [6, 6.07) is 5.52. The Bertz CT molecular complexity index is 927. The molecule has 0 saturated carbocycles. The Morgan fingerprint density at radius 3 is 2.86 bits per heavy atom. The van der Waals surface area contributed by atoms with Crippen molar-refractivity contribution in [1.82, 2.24) is 10.3 Å². The summed E-state index contributed by atoms with van der Waals surface area (Å²) in [5.41, 5.74) is 0.271. The number of fused-ring (bicyclic) bond motifs is 1. The molecule has 21 heavy (non-hydrogen) atoms. The fourth-order valence-electron chi connectivity index (χ4n) is 1.67. The summed E-state index contributed by atoms with van der Waals surface area (Å²) in [5.74, 6) is -1.52. The summed E-state index contributed by atoms with van der Waals surface area (Å²) >= 11 is 0.863. The van der Waals surface area contributed by atoms with Crippen LogP contribution >= 0.6 is 11.3 Å². The van der Waals surface area contributed by atoms with Gasteiger partial charge >= 0.3 is 16.1 Å². The van der Waals surface area contributed by atoms with E-state index in [4.69, 9.17) is 9.29 Å². The molecule has 0 atom stereocenters. The van der Waals surface area contributed by atoms with Crippen LogP contribution in [0.1, 0.15) is 9.67 Å². The van der Waals surface area contributed by atoms with Crippen LogP contribution < -0.4 is 4.18 Å². The van der Waals surface area contributed by atoms with Gasteiger partial charge in [0.05, 0.1) is 0 Å². The molecular formula is C11H6N2O6S2. The minimum Gasteiger partial charge on any atom is -0.477 e. The van der Waals surface area contributed by atoms with E-state index >= 15 is 0 Å². The van der Waals surface area contributed by atoms with Crippen LogP contribution in [0.3, 0.4) is 0 Å². The normalized spacial score (nSPS) is 11.6. The lowest BCUT2D eigenvalue weighted by Gasteiger charge is -2.06. The molecule has 0 aliphatic rings. The number of rotatable bonds is 4. The predicted molar refractivity (Wildman–Crippen MR) is 70.9 cm³/mol. The second-order valence-corrected chi connectivity index (χ2v) is 6.28. The zero-order chi connectivity index (χ0) is 15.0. The van der Waals surface area contributed by atoms with Crippen LogP contribution in [-0.4, -0.2) is 29.8 Å². The van der Waals surface area contributed by atoms with Crippen molar-refractivity contribution in [2.24, 2.45) is 0 Å². The molecule has 3 aromatic rings. The van der Waals surface area contributed by atoms with Gasteiger partial charge in [-0.25, -0.2) is 9.42 Å². The molecule has 108 valence electrons. The molecule has 2 aromatic heterocycles. The van der Waals surface area contributed by atoms with E-state index in [9.17, 15) is 13.2 Å². The number of benzene rings is 1. The van der Waals surface area contributed by atoms with Gasteiger partial charge in [-0.3, -0.25) is 0 Å². The summed E-state index contributed by atoms with van der Waals surface area (Å²) in [5, 5.41) is 17.4. The predicted octanol–water partition coefficient (Wildman–Crippen LogP) is 1.75. The first-order chi connectivity index (χ1) is 9.99. The summed E-state index contributed by atoms with van der Waals surface area (Å²) in [4.78, 5) is 10.5. The highest BCUT2D eigenvalue weighted by Gasteiger charge is 2.25. The van der Waals surface area contributed by atoms with Gasteiger partial charge in [0.2, 0.25) is 0 Å². The number of carbonyl (C=O) groups is 1. The number of hydrogen-bond donors (Lipinski definition) is 1. The molecule has 0 bridgehead atoms. The number of aromatic nitrogens is 2. The van der Waals surface area contributed by atoms with Gasteiger partial charge in [-0.15, -0.1) is 11.3 Å². The maximum Gasteiger partial charge on any atom is 0.349 e. The molecule has 0 amide bonds. The Hall–Kier alpha value is -2.46. The molecule has 0 radical (unpaired) electrons. The Balaban J connectivity index is 2.07. The maximum absolute atomic E-state index is 12.3. The standard InChI is InChI=1S/C11H6N2O6S2/c14-11(15)10-7(4-5-20-10)18-21(16,17)8-3-1-2-6-9(8)13-19-12-6/h1-5H,(H,14,15). The van der Waals surface area contributed by atoms with E-state index in [1.165, 1.54) is 29.6 Å². The molecule has 0 unspecified atom stereocenters. The molecule has 0 fully saturated rings. The zero-order valence-corrected chi connectivity index (χ0v) is 11.7. The van der Waals surface area contributed by atoms with Crippen molar-refractivity contribution in [3.63, 3.8) is 0 Å². The van der Waals surface area contributed by atoms with Crippen LogP contribution in [-0.2, 0) is 10.1 Å². The number of carboxylic acids is 1. The van der Waals surface area contributed by atoms with Crippen molar-refractivity contribution in [2.45, 2.75) is 4.90 Å². The summed E-state index contributed by atoms with van der Waals surface area (Å²) in [6.45, 7) is 0. The van der Waals surface area contributed by atoms with E-state index in [1.54, 1.807) is 0 Å². The summed E-state index contributed by atoms with van der Waals surface area (Å²) in [7, 11) is -4.25. The largest absolute Gasteiger partial charge is 0.477 e. The number of carboxylic acid groups (broad SMARTS) is 1. The average Bonchev–Trinajstić information content (AvgIpc) is 3.05. The lowest BCUT2D eigenvalue weighted by atomic mass is 10.3. The zero-order valence-electron chi connectivity index (χ0n) is 10.1. The molecule has 0 saturated heterocycles. The van der Waals surface area contributed by atoms with Crippen molar-refractivity contribution in [1.29, 1.82) is 0 Å². The molecule has 0 spiro atoms. The Kier molecular flexibility index (Phi) is 3.11. The monoisotopic (exact) mass is 326 g/mol. The molecule has 0 aliphatic heterocycles. The molecule has 1 N–H and O–H groups in total. The van der Waals surface area contributed by atoms with Gasteiger partial charge in [-0.05, 0) is 33.9 Å². The average molecular weight is 326 g/mol. The van der Waals surface area contributed by atoms with Crippen LogP contribution in [0.15, 0.2) is 39.2 Å². The van der Waals surface area contributed by atoms with Gasteiger partial charge in [0.25, 0.3) is 0 Å². The maximum atomic E-state index is 12.3. The highest BCUT2D eigenvalue weighted by molar-refractivity contribution is 7.87. The van der Waals surface area contributed by atoms with Crippen LogP contribution in [0.5, 0.6) is 5.75 Å². The number of aromatic carboxylic acids is 1. The minimum atomic E-state index is -4.25. The number of hydrogen-bond acceptors (Lipinski definition) is 8. The van der Waals surface area contributed by atoms with Crippen molar-refractivity contribution >= 4 is 38.5 Å². The van der Waals surface area contributed by atoms with E-state index in [0.717, 1.165) is 11.3 Å². The fraction of sp³-hybridized carbons (Fsp3) is 0. The fourth-order valence-corrected chi connectivity index (χ4v) is 3.46.